The maximum absolute atomic E-state index is 11.3. The molecule has 0 saturated carbocycles. The molecule has 0 bridgehead atoms. The molecule has 0 fully saturated rings. The molecule has 0 saturated heterocycles. The van der Waals surface area contributed by atoms with Gasteiger partial charge in [-0.25, -0.2) is 9.78 Å². The third kappa shape index (κ3) is 2.82. The average Bonchev–Trinajstić information content (AvgIpc) is 3.00. The fourth-order valence-corrected chi connectivity index (χ4v) is 2.67. The van der Waals surface area contributed by atoms with Crippen molar-refractivity contribution in [1.82, 2.24) is 15.2 Å². The van der Waals surface area contributed by atoms with Gasteiger partial charge in [0.05, 0.1) is 16.2 Å². The number of nitrogens with one attached hydrogen (secondary N) is 1. The maximum atomic E-state index is 11.3. The number of carboxylic acids is 1. The molecule has 0 amide bonds. The summed E-state index contributed by atoms with van der Waals surface area (Å²) in [4.78, 5) is 15.5. The zero-order chi connectivity index (χ0) is 14.7. The van der Waals surface area contributed by atoms with Crippen LogP contribution in [0.3, 0.4) is 0 Å². The van der Waals surface area contributed by atoms with Crippen LogP contribution in [0, 0.1) is 0 Å². The molecule has 0 aliphatic rings. The van der Waals surface area contributed by atoms with Gasteiger partial charge in [0.1, 0.15) is 0 Å². The SMILES string of the molecule is O=C(O)c1nnc2ccccc2c1NCCc1nccs1. The number of aromatic carboxylic acids is 1. The molecule has 3 rings (SSSR count). The molecule has 2 heterocycles. The molecule has 0 radical (unpaired) electrons. The second-order valence-corrected chi connectivity index (χ2v) is 5.33. The number of aromatic nitrogens is 3. The Morgan fingerprint density at radius 2 is 2.14 bits per heavy atom. The summed E-state index contributed by atoms with van der Waals surface area (Å²) < 4.78 is 0. The Hall–Kier alpha value is -2.54. The number of anilines is 1. The second-order valence-electron chi connectivity index (χ2n) is 4.35. The summed E-state index contributed by atoms with van der Waals surface area (Å²) >= 11 is 1.58. The summed E-state index contributed by atoms with van der Waals surface area (Å²) in [5, 5.41) is 23.8. The summed E-state index contributed by atoms with van der Waals surface area (Å²) in [6.45, 7) is 0.587. The summed E-state index contributed by atoms with van der Waals surface area (Å²) in [5.74, 6) is -1.09. The van der Waals surface area contributed by atoms with E-state index in [0.29, 0.717) is 17.7 Å². The normalized spacial score (nSPS) is 10.7. The number of hydrogen-bond acceptors (Lipinski definition) is 6. The Bertz CT molecular complexity index is 774. The number of benzene rings is 1. The van der Waals surface area contributed by atoms with Crippen molar-refractivity contribution < 1.29 is 9.90 Å². The van der Waals surface area contributed by atoms with Crippen LogP contribution >= 0.6 is 11.3 Å². The topological polar surface area (TPSA) is 88.0 Å². The molecule has 0 spiro atoms. The molecule has 2 N–H and O–H groups in total. The first-order chi connectivity index (χ1) is 10.3. The minimum Gasteiger partial charge on any atom is -0.476 e. The molecule has 0 aliphatic heterocycles. The van der Waals surface area contributed by atoms with Crippen molar-refractivity contribution in [3.8, 4) is 0 Å². The number of thiazole rings is 1. The Labute approximate surface area is 124 Å². The number of carboxylic acid groups (broad SMARTS) is 1. The Morgan fingerprint density at radius 3 is 2.90 bits per heavy atom. The first kappa shape index (κ1) is 13.4. The highest BCUT2D eigenvalue weighted by molar-refractivity contribution is 7.09. The molecule has 106 valence electrons. The number of carbonyl (C=O) groups is 1. The van der Waals surface area contributed by atoms with E-state index in [4.69, 9.17) is 0 Å². The summed E-state index contributed by atoms with van der Waals surface area (Å²) in [6.07, 6.45) is 2.49. The van der Waals surface area contributed by atoms with Crippen LogP contribution in [-0.4, -0.2) is 32.8 Å². The number of hydrogen-bond donors (Lipinski definition) is 2. The van der Waals surface area contributed by atoms with E-state index >= 15 is 0 Å². The van der Waals surface area contributed by atoms with E-state index in [2.05, 4.69) is 20.5 Å². The Morgan fingerprint density at radius 1 is 1.29 bits per heavy atom. The minimum atomic E-state index is -1.09. The lowest BCUT2D eigenvalue weighted by molar-refractivity contribution is 0.0690. The molecule has 2 aromatic heterocycles. The highest BCUT2D eigenvalue weighted by Crippen LogP contribution is 2.24. The third-order valence-corrected chi connectivity index (χ3v) is 3.83. The van der Waals surface area contributed by atoms with Gasteiger partial charge in [0, 0.05) is 29.9 Å². The second kappa shape index (κ2) is 5.84. The van der Waals surface area contributed by atoms with E-state index in [1.165, 1.54) is 0 Å². The van der Waals surface area contributed by atoms with Crippen LogP contribution in [0.15, 0.2) is 35.8 Å². The van der Waals surface area contributed by atoms with Gasteiger partial charge in [-0.05, 0) is 6.07 Å². The first-order valence-electron chi connectivity index (χ1n) is 6.36. The van der Waals surface area contributed by atoms with Crippen LogP contribution in [0.4, 0.5) is 5.69 Å². The van der Waals surface area contributed by atoms with Gasteiger partial charge in [-0.15, -0.1) is 21.5 Å². The molecular formula is C14H12N4O2S. The molecule has 3 aromatic rings. The molecule has 1 aromatic carbocycles. The summed E-state index contributed by atoms with van der Waals surface area (Å²) in [7, 11) is 0. The number of rotatable bonds is 5. The van der Waals surface area contributed by atoms with E-state index in [1.54, 1.807) is 23.6 Å². The largest absolute Gasteiger partial charge is 0.476 e. The average molecular weight is 300 g/mol. The van der Waals surface area contributed by atoms with Crippen molar-refractivity contribution >= 4 is 33.9 Å². The molecule has 7 heteroatoms. The van der Waals surface area contributed by atoms with Crippen LogP contribution < -0.4 is 5.32 Å². The lowest BCUT2D eigenvalue weighted by Gasteiger charge is -2.10. The zero-order valence-corrected chi connectivity index (χ0v) is 11.8. The molecule has 0 atom stereocenters. The molecule has 21 heavy (non-hydrogen) atoms. The van der Waals surface area contributed by atoms with E-state index in [1.807, 2.05) is 23.6 Å². The van der Waals surface area contributed by atoms with Gasteiger partial charge < -0.3 is 10.4 Å². The highest BCUT2D eigenvalue weighted by Gasteiger charge is 2.16. The summed E-state index contributed by atoms with van der Waals surface area (Å²) in [6, 6.07) is 7.33. The van der Waals surface area contributed by atoms with E-state index < -0.39 is 5.97 Å². The number of nitrogens with zero attached hydrogens (tertiary/aromatic N) is 3. The standard InChI is InChI=1S/C14H12N4O2S/c19-14(20)13-12(16-6-5-11-15-7-8-21-11)9-3-1-2-4-10(9)17-18-13/h1-4,7-8H,5-6H2,(H,16,17)(H,19,20). The molecule has 0 aliphatic carbocycles. The summed E-state index contributed by atoms with van der Waals surface area (Å²) in [5.41, 5.74) is 1.11. The first-order valence-corrected chi connectivity index (χ1v) is 7.24. The van der Waals surface area contributed by atoms with Gasteiger partial charge in [-0.1, -0.05) is 18.2 Å². The van der Waals surface area contributed by atoms with Crippen molar-refractivity contribution in [2.45, 2.75) is 6.42 Å². The lowest BCUT2D eigenvalue weighted by atomic mass is 10.1. The van der Waals surface area contributed by atoms with Crippen molar-refractivity contribution in [3.63, 3.8) is 0 Å². The van der Waals surface area contributed by atoms with E-state index in [9.17, 15) is 9.90 Å². The van der Waals surface area contributed by atoms with Crippen LogP contribution in [0.25, 0.3) is 10.9 Å². The zero-order valence-electron chi connectivity index (χ0n) is 11.0. The van der Waals surface area contributed by atoms with Gasteiger partial charge in [-0.3, -0.25) is 0 Å². The van der Waals surface area contributed by atoms with Crippen LogP contribution in [0.1, 0.15) is 15.5 Å². The van der Waals surface area contributed by atoms with Crippen molar-refractivity contribution in [2.24, 2.45) is 0 Å². The monoisotopic (exact) mass is 300 g/mol. The molecular weight excluding hydrogens is 288 g/mol. The van der Waals surface area contributed by atoms with Gasteiger partial charge >= 0.3 is 5.97 Å². The Balaban J connectivity index is 1.90. The molecule has 6 nitrogen and oxygen atoms in total. The van der Waals surface area contributed by atoms with Crippen LogP contribution in [0.5, 0.6) is 0 Å². The highest BCUT2D eigenvalue weighted by atomic mass is 32.1. The minimum absolute atomic E-state index is 0.0622. The maximum Gasteiger partial charge on any atom is 0.358 e. The van der Waals surface area contributed by atoms with Crippen molar-refractivity contribution in [1.29, 1.82) is 0 Å². The fourth-order valence-electron chi connectivity index (χ4n) is 2.05. The van der Waals surface area contributed by atoms with Crippen molar-refractivity contribution in [2.75, 3.05) is 11.9 Å². The van der Waals surface area contributed by atoms with E-state index in [0.717, 1.165) is 16.8 Å². The molecule has 0 unspecified atom stereocenters. The lowest BCUT2D eigenvalue weighted by Crippen LogP contribution is -2.12. The fraction of sp³-hybridized carbons (Fsp3) is 0.143. The van der Waals surface area contributed by atoms with Gasteiger partial charge in [0.2, 0.25) is 0 Å². The third-order valence-electron chi connectivity index (χ3n) is 2.99. The van der Waals surface area contributed by atoms with Crippen LogP contribution in [-0.2, 0) is 6.42 Å². The van der Waals surface area contributed by atoms with E-state index in [-0.39, 0.29) is 5.69 Å². The predicted molar refractivity (Wildman–Crippen MR) is 80.8 cm³/mol. The van der Waals surface area contributed by atoms with Gasteiger partial charge in [-0.2, -0.15) is 0 Å². The van der Waals surface area contributed by atoms with Gasteiger partial charge in [0.25, 0.3) is 0 Å². The van der Waals surface area contributed by atoms with Crippen LogP contribution in [0.2, 0.25) is 0 Å². The Kier molecular flexibility index (Phi) is 3.74. The van der Waals surface area contributed by atoms with Crippen molar-refractivity contribution in [3.05, 3.63) is 46.5 Å². The quantitative estimate of drug-likeness (QED) is 0.752. The predicted octanol–water partition coefficient (Wildman–Crippen LogP) is 2.44. The van der Waals surface area contributed by atoms with Gasteiger partial charge in [0.15, 0.2) is 5.69 Å². The smallest absolute Gasteiger partial charge is 0.358 e. The number of fused-ring (bicyclic) bond motifs is 1.